The molecule has 6 nitrogen and oxygen atoms in total. The second-order valence-electron chi connectivity index (χ2n) is 11.4. The number of benzene rings is 3. The lowest BCUT2D eigenvalue weighted by Crippen LogP contribution is -2.55. The Balaban J connectivity index is 1.58. The Kier molecular flexibility index (Phi) is 7.66. The summed E-state index contributed by atoms with van der Waals surface area (Å²) in [6, 6.07) is 19.0. The van der Waals surface area contributed by atoms with Gasteiger partial charge in [0.05, 0.1) is 12.0 Å². The van der Waals surface area contributed by atoms with E-state index in [9.17, 15) is 18.8 Å². The fourth-order valence-electron chi connectivity index (χ4n) is 6.47. The number of rotatable bonds is 6. The van der Waals surface area contributed by atoms with Gasteiger partial charge in [-0.05, 0) is 61.2 Å². The van der Waals surface area contributed by atoms with Gasteiger partial charge in [0.2, 0.25) is 11.8 Å². The molecule has 0 radical (unpaired) electrons. The summed E-state index contributed by atoms with van der Waals surface area (Å²) < 4.78 is 14.2. The topological polar surface area (TPSA) is 69.7 Å². The minimum Gasteiger partial charge on any atom is -0.338 e. The van der Waals surface area contributed by atoms with Crippen molar-refractivity contribution in [2.45, 2.75) is 37.8 Å². The summed E-state index contributed by atoms with van der Waals surface area (Å²) in [5.74, 6) is -2.45. The van der Waals surface area contributed by atoms with E-state index in [4.69, 9.17) is 11.6 Å². The van der Waals surface area contributed by atoms with Gasteiger partial charge in [-0.2, -0.15) is 0 Å². The Morgan fingerprint density at radius 2 is 1.54 bits per heavy atom. The van der Waals surface area contributed by atoms with Crippen LogP contribution in [0.15, 0.2) is 72.8 Å². The van der Waals surface area contributed by atoms with Crippen molar-refractivity contribution in [3.05, 3.63) is 106 Å². The molecule has 3 aromatic rings. The van der Waals surface area contributed by atoms with Crippen LogP contribution in [-0.4, -0.2) is 59.6 Å². The van der Waals surface area contributed by atoms with Crippen molar-refractivity contribution in [3.63, 3.8) is 0 Å². The molecule has 2 heterocycles. The summed E-state index contributed by atoms with van der Waals surface area (Å²) in [5, 5.41) is 3.82. The number of hydrogen-bond acceptors (Lipinski definition) is 4. The molecule has 0 bridgehead atoms. The monoisotopic (exact) mass is 573 g/mol. The quantitative estimate of drug-likeness (QED) is 0.413. The molecule has 0 aromatic heterocycles. The van der Waals surface area contributed by atoms with Gasteiger partial charge >= 0.3 is 0 Å². The van der Waals surface area contributed by atoms with E-state index in [1.165, 1.54) is 12.1 Å². The number of aryl methyl sites for hydroxylation is 1. The summed E-state index contributed by atoms with van der Waals surface area (Å²) in [6.45, 7) is 4.27. The van der Waals surface area contributed by atoms with E-state index in [0.29, 0.717) is 42.3 Å². The average Bonchev–Trinajstić information content (AvgIpc) is 3.78. The summed E-state index contributed by atoms with van der Waals surface area (Å²) in [5.41, 5.74) is 2.87. The van der Waals surface area contributed by atoms with Gasteiger partial charge < -0.3 is 15.1 Å². The van der Waals surface area contributed by atoms with Crippen LogP contribution in [0, 0.1) is 24.6 Å². The largest absolute Gasteiger partial charge is 0.338 e. The lowest BCUT2D eigenvalue weighted by Gasteiger charge is -2.36. The number of piperazine rings is 1. The van der Waals surface area contributed by atoms with Crippen LogP contribution in [0.3, 0.4) is 0 Å². The van der Waals surface area contributed by atoms with Crippen molar-refractivity contribution >= 4 is 29.2 Å². The number of Topliss-reactive ketones (excluding diaryl/α,β-unsaturated/α-hetero) is 1. The third-order valence-corrected chi connectivity index (χ3v) is 8.85. The van der Waals surface area contributed by atoms with Crippen molar-refractivity contribution in [3.8, 4) is 0 Å². The zero-order chi connectivity index (χ0) is 28.7. The molecule has 0 spiro atoms. The second kappa shape index (κ2) is 11.4. The van der Waals surface area contributed by atoms with E-state index in [2.05, 4.69) is 5.32 Å². The number of carbonyl (C=O) groups is 3. The summed E-state index contributed by atoms with van der Waals surface area (Å²) >= 11 is 6.26. The van der Waals surface area contributed by atoms with Gasteiger partial charge in [-0.1, -0.05) is 59.6 Å². The van der Waals surface area contributed by atoms with Gasteiger partial charge in [-0.3, -0.25) is 14.4 Å². The molecule has 6 rings (SSSR count). The van der Waals surface area contributed by atoms with Crippen LogP contribution in [0.1, 0.15) is 51.8 Å². The van der Waals surface area contributed by atoms with Crippen LogP contribution in [0.4, 0.5) is 4.39 Å². The minimum absolute atomic E-state index is 0.106. The SMILES string of the molecule is Cc1cccc(C(=O)C2C(c3ccc(F)cc3)C(C(=O)N3CCNCC3)N(C(=O)C3CC3)C2c2ccc(Cl)cc2)c1. The molecule has 3 aromatic carbocycles. The first-order valence-electron chi connectivity index (χ1n) is 14.3. The second-order valence-corrected chi connectivity index (χ2v) is 11.8. The number of nitrogens with zero attached hydrogens (tertiary/aromatic N) is 2. The van der Waals surface area contributed by atoms with Crippen LogP contribution >= 0.6 is 11.6 Å². The third kappa shape index (κ3) is 5.41. The Hall–Kier alpha value is -3.55. The number of amides is 2. The molecule has 8 heteroatoms. The van der Waals surface area contributed by atoms with Crippen LogP contribution in [-0.2, 0) is 9.59 Å². The highest BCUT2D eigenvalue weighted by Crippen LogP contribution is 2.53. The molecule has 3 fully saturated rings. The zero-order valence-corrected chi connectivity index (χ0v) is 23.7. The molecule has 2 saturated heterocycles. The third-order valence-electron chi connectivity index (χ3n) is 8.60. The molecule has 41 heavy (non-hydrogen) atoms. The highest BCUT2D eigenvalue weighted by molar-refractivity contribution is 6.30. The van der Waals surface area contributed by atoms with Gasteiger partial charge in [0.1, 0.15) is 11.9 Å². The van der Waals surface area contributed by atoms with Crippen LogP contribution in [0.5, 0.6) is 0 Å². The normalized spacial score (nSPS) is 24.4. The molecule has 1 aliphatic carbocycles. The van der Waals surface area contributed by atoms with E-state index >= 15 is 0 Å². The lowest BCUT2D eigenvalue weighted by molar-refractivity contribution is -0.147. The number of nitrogens with one attached hydrogen (secondary N) is 1. The number of halogens is 2. The van der Waals surface area contributed by atoms with E-state index < -0.39 is 29.7 Å². The number of carbonyl (C=O) groups excluding carboxylic acids is 3. The maximum absolute atomic E-state index is 14.6. The molecule has 2 amide bonds. The molecule has 2 aliphatic heterocycles. The van der Waals surface area contributed by atoms with Gasteiger partial charge in [-0.25, -0.2) is 4.39 Å². The van der Waals surface area contributed by atoms with E-state index in [0.717, 1.165) is 24.0 Å². The van der Waals surface area contributed by atoms with Crippen molar-refractivity contribution in [2.75, 3.05) is 26.2 Å². The maximum atomic E-state index is 14.6. The molecule has 4 unspecified atom stereocenters. The zero-order valence-electron chi connectivity index (χ0n) is 22.9. The van der Waals surface area contributed by atoms with Crippen LogP contribution in [0.2, 0.25) is 5.02 Å². The Labute approximate surface area is 244 Å². The van der Waals surface area contributed by atoms with Crippen molar-refractivity contribution in [2.24, 2.45) is 11.8 Å². The van der Waals surface area contributed by atoms with Crippen molar-refractivity contribution < 1.29 is 18.8 Å². The molecule has 4 atom stereocenters. The predicted molar refractivity (Wildman–Crippen MR) is 155 cm³/mol. The molecular formula is C33H33ClFN3O3. The fourth-order valence-corrected chi connectivity index (χ4v) is 6.60. The van der Waals surface area contributed by atoms with Gasteiger partial charge in [0.25, 0.3) is 0 Å². The predicted octanol–water partition coefficient (Wildman–Crippen LogP) is 5.16. The molecule has 1 saturated carbocycles. The van der Waals surface area contributed by atoms with Crippen LogP contribution in [0.25, 0.3) is 0 Å². The molecular weight excluding hydrogens is 541 g/mol. The maximum Gasteiger partial charge on any atom is 0.246 e. The Bertz CT molecular complexity index is 1450. The number of ketones is 1. The standard InChI is InChI=1S/C33H33ClFN3O3/c1-20-3-2-4-24(19-20)31(39)28-27(21-9-13-26(35)14-10-21)30(33(41)37-17-15-36-16-18-37)38(32(40)23-5-6-23)29(28)22-7-11-25(34)12-8-22/h2-4,7-14,19,23,27-30,36H,5-6,15-18H2,1H3. The van der Waals surface area contributed by atoms with E-state index in [1.54, 1.807) is 40.1 Å². The number of likely N-dealkylation sites (tertiary alicyclic amines) is 1. The Morgan fingerprint density at radius 1 is 0.878 bits per heavy atom. The van der Waals surface area contributed by atoms with Crippen molar-refractivity contribution in [1.29, 1.82) is 0 Å². The molecule has 212 valence electrons. The highest BCUT2D eigenvalue weighted by atomic mass is 35.5. The van der Waals surface area contributed by atoms with Gasteiger partial charge in [-0.15, -0.1) is 0 Å². The van der Waals surface area contributed by atoms with Gasteiger partial charge in [0, 0.05) is 48.6 Å². The average molecular weight is 574 g/mol. The molecule has 3 aliphatic rings. The van der Waals surface area contributed by atoms with Crippen molar-refractivity contribution in [1.82, 2.24) is 15.1 Å². The van der Waals surface area contributed by atoms with Gasteiger partial charge in [0.15, 0.2) is 5.78 Å². The summed E-state index contributed by atoms with van der Waals surface area (Å²) in [6.07, 6.45) is 1.52. The Morgan fingerprint density at radius 3 is 2.17 bits per heavy atom. The van der Waals surface area contributed by atoms with Crippen LogP contribution < -0.4 is 5.32 Å². The lowest BCUT2D eigenvalue weighted by atomic mass is 9.75. The minimum atomic E-state index is -0.911. The first-order valence-corrected chi connectivity index (χ1v) is 14.6. The van der Waals surface area contributed by atoms with E-state index in [1.807, 2.05) is 37.3 Å². The molecule has 1 N–H and O–H groups in total. The number of hydrogen-bond donors (Lipinski definition) is 1. The summed E-state index contributed by atoms with van der Waals surface area (Å²) in [7, 11) is 0. The first kappa shape index (κ1) is 27.6. The fraction of sp³-hybridized carbons (Fsp3) is 0.364. The summed E-state index contributed by atoms with van der Waals surface area (Å²) in [4.78, 5) is 46.8. The van der Waals surface area contributed by atoms with E-state index in [-0.39, 0.29) is 23.5 Å². The smallest absolute Gasteiger partial charge is 0.246 e. The highest BCUT2D eigenvalue weighted by Gasteiger charge is 2.59. The first-order chi connectivity index (χ1) is 19.8.